The second-order valence-corrected chi connectivity index (χ2v) is 5.95. The second kappa shape index (κ2) is 5.55. The number of aryl methyl sites for hydroxylation is 1. The SMILES string of the molecule is Cn1c(=O)oc2c(NC(=O)Nc3cnn(C4CCC4)c3)cccc21. The molecule has 8 nitrogen and oxygen atoms in total. The Balaban J connectivity index is 1.51. The number of fused-ring (bicyclic) bond motifs is 1. The summed E-state index contributed by atoms with van der Waals surface area (Å²) in [7, 11) is 1.62. The summed E-state index contributed by atoms with van der Waals surface area (Å²) in [4.78, 5) is 23.8. The lowest BCUT2D eigenvalue weighted by Gasteiger charge is -2.25. The molecule has 0 spiro atoms. The summed E-state index contributed by atoms with van der Waals surface area (Å²) in [6.45, 7) is 0. The van der Waals surface area contributed by atoms with Crippen LogP contribution in [0.4, 0.5) is 16.2 Å². The number of para-hydroxylation sites is 1. The Labute approximate surface area is 137 Å². The fourth-order valence-electron chi connectivity index (χ4n) is 2.79. The second-order valence-electron chi connectivity index (χ2n) is 5.95. The molecule has 1 aliphatic carbocycles. The lowest BCUT2D eigenvalue weighted by atomic mass is 9.93. The van der Waals surface area contributed by atoms with Gasteiger partial charge in [0, 0.05) is 13.2 Å². The maximum Gasteiger partial charge on any atom is 0.419 e. The topological polar surface area (TPSA) is 94.1 Å². The van der Waals surface area contributed by atoms with Gasteiger partial charge in [0.2, 0.25) is 0 Å². The molecule has 4 rings (SSSR count). The average Bonchev–Trinajstić information content (AvgIpc) is 3.05. The average molecular weight is 327 g/mol. The third kappa shape index (κ3) is 2.45. The number of aromatic nitrogens is 3. The van der Waals surface area contributed by atoms with E-state index in [9.17, 15) is 9.59 Å². The van der Waals surface area contributed by atoms with Crippen LogP contribution >= 0.6 is 0 Å². The zero-order valence-corrected chi connectivity index (χ0v) is 13.2. The highest BCUT2D eigenvalue weighted by atomic mass is 16.4. The van der Waals surface area contributed by atoms with Crippen LogP contribution in [0.2, 0.25) is 0 Å². The van der Waals surface area contributed by atoms with Crippen molar-refractivity contribution in [3.8, 4) is 0 Å². The zero-order valence-electron chi connectivity index (χ0n) is 13.2. The highest BCUT2D eigenvalue weighted by Gasteiger charge is 2.20. The smallest absolute Gasteiger partial charge is 0.405 e. The summed E-state index contributed by atoms with van der Waals surface area (Å²) >= 11 is 0. The maximum atomic E-state index is 12.2. The predicted octanol–water partition coefficient (Wildman–Crippen LogP) is 2.70. The number of carbonyl (C=O) groups excluding carboxylic acids is 1. The Morgan fingerprint density at radius 2 is 2.17 bits per heavy atom. The number of rotatable bonds is 3. The number of nitrogens with zero attached hydrogens (tertiary/aromatic N) is 3. The van der Waals surface area contributed by atoms with Gasteiger partial charge in [-0.05, 0) is 31.4 Å². The van der Waals surface area contributed by atoms with Gasteiger partial charge in [-0.1, -0.05) is 6.07 Å². The number of oxazole rings is 1. The molecule has 24 heavy (non-hydrogen) atoms. The van der Waals surface area contributed by atoms with Crippen LogP contribution in [-0.4, -0.2) is 20.4 Å². The molecule has 124 valence electrons. The third-order valence-electron chi connectivity index (χ3n) is 4.38. The van der Waals surface area contributed by atoms with Crippen LogP contribution in [0.5, 0.6) is 0 Å². The van der Waals surface area contributed by atoms with E-state index < -0.39 is 11.8 Å². The van der Waals surface area contributed by atoms with E-state index in [1.807, 2.05) is 10.9 Å². The molecule has 1 aliphatic rings. The number of hydrogen-bond donors (Lipinski definition) is 2. The first-order chi connectivity index (χ1) is 11.6. The summed E-state index contributed by atoms with van der Waals surface area (Å²) in [5.41, 5.74) is 2.04. The molecule has 0 bridgehead atoms. The largest absolute Gasteiger partial charge is 0.419 e. The minimum absolute atomic E-state index is 0.352. The Morgan fingerprint density at radius 3 is 2.92 bits per heavy atom. The summed E-state index contributed by atoms with van der Waals surface area (Å²) in [6.07, 6.45) is 6.93. The van der Waals surface area contributed by atoms with Crippen molar-refractivity contribution in [1.29, 1.82) is 0 Å². The van der Waals surface area contributed by atoms with Gasteiger partial charge < -0.3 is 15.1 Å². The molecule has 3 aromatic rings. The van der Waals surface area contributed by atoms with Crippen molar-refractivity contribution >= 4 is 28.5 Å². The Kier molecular flexibility index (Phi) is 3.37. The van der Waals surface area contributed by atoms with Gasteiger partial charge >= 0.3 is 11.8 Å². The van der Waals surface area contributed by atoms with E-state index in [4.69, 9.17) is 4.42 Å². The Bertz CT molecular complexity index is 964. The van der Waals surface area contributed by atoms with E-state index >= 15 is 0 Å². The van der Waals surface area contributed by atoms with Crippen LogP contribution in [0.15, 0.2) is 39.8 Å². The van der Waals surface area contributed by atoms with Crippen molar-refractivity contribution in [3.63, 3.8) is 0 Å². The fraction of sp³-hybridized carbons (Fsp3) is 0.312. The van der Waals surface area contributed by atoms with Crippen LogP contribution in [0, 0.1) is 0 Å². The molecule has 1 fully saturated rings. The Hall–Kier alpha value is -3.03. The van der Waals surface area contributed by atoms with Crippen LogP contribution in [-0.2, 0) is 7.05 Å². The number of carbonyl (C=O) groups is 1. The quantitative estimate of drug-likeness (QED) is 0.773. The summed E-state index contributed by atoms with van der Waals surface area (Å²) in [5, 5.41) is 9.72. The minimum atomic E-state index is -0.471. The molecule has 2 heterocycles. The molecule has 2 aromatic heterocycles. The van der Waals surface area contributed by atoms with Gasteiger partial charge in [0.05, 0.1) is 29.1 Å². The van der Waals surface area contributed by atoms with E-state index in [0.29, 0.717) is 28.5 Å². The standard InChI is InChI=1S/C16H17N5O3/c1-20-13-7-3-6-12(14(13)24-16(20)23)19-15(22)18-10-8-17-21(9-10)11-4-2-5-11/h3,6-9,11H,2,4-5H2,1H3,(H2,18,19,22). The molecule has 2 amide bonds. The molecular formula is C16H17N5O3. The first-order valence-electron chi connectivity index (χ1n) is 7.82. The van der Waals surface area contributed by atoms with Crippen molar-refractivity contribution in [2.75, 3.05) is 10.6 Å². The van der Waals surface area contributed by atoms with E-state index in [2.05, 4.69) is 15.7 Å². The zero-order chi connectivity index (χ0) is 16.7. The number of urea groups is 1. The fourth-order valence-corrected chi connectivity index (χ4v) is 2.79. The molecule has 1 aromatic carbocycles. The van der Waals surface area contributed by atoms with Gasteiger partial charge in [-0.2, -0.15) is 5.10 Å². The number of benzene rings is 1. The predicted molar refractivity (Wildman–Crippen MR) is 89.2 cm³/mol. The van der Waals surface area contributed by atoms with Crippen LogP contribution in [0.3, 0.4) is 0 Å². The van der Waals surface area contributed by atoms with Gasteiger partial charge in [0.25, 0.3) is 0 Å². The maximum absolute atomic E-state index is 12.2. The highest BCUT2D eigenvalue weighted by Crippen LogP contribution is 2.31. The van der Waals surface area contributed by atoms with Gasteiger partial charge in [0.15, 0.2) is 5.58 Å². The monoisotopic (exact) mass is 327 g/mol. The minimum Gasteiger partial charge on any atom is -0.405 e. The normalized spacial score (nSPS) is 14.5. The van der Waals surface area contributed by atoms with E-state index in [1.165, 1.54) is 11.0 Å². The van der Waals surface area contributed by atoms with Crippen molar-refractivity contribution < 1.29 is 9.21 Å². The van der Waals surface area contributed by atoms with Crippen molar-refractivity contribution in [3.05, 3.63) is 41.1 Å². The molecular weight excluding hydrogens is 310 g/mol. The van der Waals surface area contributed by atoms with Crippen LogP contribution in [0.25, 0.3) is 11.1 Å². The number of nitrogens with one attached hydrogen (secondary N) is 2. The lowest BCUT2D eigenvalue weighted by Crippen LogP contribution is -2.19. The van der Waals surface area contributed by atoms with Gasteiger partial charge in [-0.3, -0.25) is 9.25 Å². The van der Waals surface area contributed by atoms with E-state index in [1.54, 1.807) is 31.4 Å². The molecule has 2 N–H and O–H groups in total. The molecule has 0 aliphatic heterocycles. The molecule has 0 saturated heterocycles. The Morgan fingerprint density at radius 1 is 1.33 bits per heavy atom. The van der Waals surface area contributed by atoms with Crippen molar-refractivity contribution in [2.45, 2.75) is 25.3 Å². The van der Waals surface area contributed by atoms with E-state index in [-0.39, 0.29) is 0 Å². The van der Waals surface area contributed by atoms with Gasteiger partial charge in [0.1, 0.15) is 0 Å². The third-order valence-corrected chi connectivity index (χ3v) is 4.38. The first kappa shape index (κ1) is 14.6. The summed E-state index contributed by atoms with van der Waals surface area (Å²) in [5.74, 6) is -0.471. The lowest BCUT2D eigenvalue weighted by molar-refractivity contribution is 0.262. The molecule has 0 unspecified atom stereocenters. The highest BCUT2D eigenvalue weighted by molar-refractivity contribution is 6.04. The van der Waals surface area contributed by atoms with Gasteiger partial charge in [-0.25, -0.2) is 9.59 Å². The summed E-state index contributed by atoms with van der Waals surface area (Å²) < 4.78 is 8.46. The number of amides is 2. The van der Waals surface area contributed by atoms with E-state index in [0.717, 1.165) is 12.8 Å². The van der Waals surface area contributed by atoms with Gasteiger partial charge in [-0.15, -0.1) is 0 Å². The molecule has 0 radical (unpaired) electrons. The number of anilines is 2. The van der Waals surface area contributed by atoms with Crippen molar-refractivity contribution in [1.82, 2.24) is 14.3 Å². The summed E-state index contributed by atoms with van der Waals surface area (Å²) in [6, 6.07) is 5.22. The van der Waals surface area contributed by atoms with Crippen molar-refractivity contribution in [2.24, 2.45) is 7.05 Å². The molecule has 1 saturated carbocycles. The number of hydrogen-bond acceptors (Lipinski definition) is 4. The molecule has 8 heteroatoms. The first-order valence-corrected chi connectivity index (χ1v) is 7.82. The van der Waals surface area contributed by atoms with Crippen LogP contribution < -0.4 is 16.4 Å². The molecule has 0 atom stereocenters. The van der Waals surface area contributed by atoms with Crippen LogP contribution in [0.1, 0.15) is 25.3 Å².